The first-order valence-corrected chi connectivity index (χ1v) is 5.77. The van der Waals surface area contributed by atoms with Crippen molar-refractivity contribution < 1.29 is 14.9 Å². The van der Waals surface area contributed by atoms with E-state index in [1.807, 2.05) is 0 Å². The molecule has 0 aliphatic carbocycles. The SMILES string of the molecule is Nc1ncnc2c1[nH]c(=O)n2[C@H]1CC(O)C(CO)O1. The molecule has 0 saturated carbocycles. The number of rotatable bonds is 2. The van der Waals surface area contributed by atoms with Gasteiger partial charge < -0.3 is 25.7 Å². The molecule has 3 atom stereocenters. The molecule has 1 aliphatic rings. The van der Waals surface area contributed by atoms with Gasteiger partial charge in [0.1, 0.15) is 24.2 Å². The molecule has 2 aromatic rings. The van der Waals surface area contributed by atoms with Crippen LogP contribution in [0.1, 0.15) is 12.6 Å². The number of nitrogens with one attached hydrogen (secondary N) is 1. The van der Waals surface area contributed by atoms with Gasteiger partial charge in [0.2, 0.25) is 0 Å². The largest absolute Gasteiger partial charge is 0.394 e. The molecular weight excluding hydrogens is 254 g/mol. The summed E-state index contributed by atoms with van der Waals surface area (Å²) >= 11 is 0. The highest BCUT2D eigenvalue weighted by molar-refractivity contribution is 5.81. The number of H-pyrrole nitrogens is 1. The number of aromatic amines is 1. The van der Waals surface area contributed by atoms with Crippen LogP contribution < -0.4 is 11.4 Å². The van der Waals surface area contributed by atoms with E-state index in [-0.39, 0.29) is 18.8 Å². The molecular formula is C10H13N5O4. The fourth-order valence-corrected chi connectivity index (χ4v) is 2.26. The zero-order valence-electron chi connectivity index (χ0n) is 9.85. The molecule has 2 aromatic heterocycles. The van der Waals surface area contributed by atoms with E-state index < -0.39 is 24.1 Å². The summed E-state index contributed by atoms with van der Waals surface area (Å²) in [6, 6.07) is 0. The first kappa shape index (κ1) is 12.1. The van der Waals surface area contributed by atoms with E-state index in [0.717, 1.165) is 0 Å². The molecule has 102 valence electrons. The Morgan fingerprint density at radius 2 is 2.37 bits per heavy atom. The van der Waals surface area contributed by atoms with Crippen molar-refractivity contribution in [2.75, 3.05) is 12.3 Å². The Kier molecular flexibility index (Phi) is 2.73. The van der Waals surface area contributed by atoms with Crippen LogP contribution in [0.15, 0.2) is 11.1 Å². The fraction of sp³-hybridized carbons (Fsp3) is 0.500. The average Bonchev–Trinajstić information content (AvgIpc) is 2.90. The van der Waals surface area contributed by atoms with Crippen LogP contribution in [0.2, 0.25) is 0 Å². The smallest absolute Gasteiger partial charge is 0.329 e. The summed E-state index contributed by atoms with van der Waals surface area (Å²) in [4.78, 5) is 22.3. The van der Waals surface area contributed by atoms with Gasteiger partial charge in [-0.25, -0.2) is 19.3 Å². The zero-order valence-corrected chi connectivity index (χ0v) is 9.85. The molecule has 0 amide bonds. The Labute approximate surface area is 106 Å². The predicted molar refractivity (Wildman–Crippen MR) is 64.2 cm³/mol. The van der Waals surface area contributed by atoms with E-state index in [2.05, 4.69) is 15.0 Å². The first-order chi connectivity index (χ1) is 9.11. The Hall–Kier alpha value is -1.97. The minimum absolute atomic E-state index is 0.165. The van der Waals surface area contributed by atoms with Gasteiger partial charge in [-0.3, -0.25) is 0 Å². The van der Waals surface area contributed by atoms with Crippen molar-refractivity contribution in [3.63, 3.8) is 0 Å². The highest BCUT2D eigenvalue weighted by atomic mass is 16.5. The van der Waals surface area contributed by atoms with Gasteiger partial charge in [0, 0.05) is 6.42 Å². The second kappa shape index (κ2) is 4.30. The van der Waals surface area contributed by atoms with Crippen molar-refractivity contribution >= 4 is 17.0 Å². The van der Waals surface area contributed by atoms with Crippen molar-refractivity contribution in [3.05, 3.63) is 16.8 Å². The number of hydrogen-bond acceptors (Lipinski definition) is 7. The Balaban J connectivity index is 2.09. The van der Waals surface area contributed by atoms with Gasteiger partial charge in [-0.2, -0.15) is 0 Å². The number of aromatic nitrogens is 4. The zero-order chi connectivity index (χ0) is 13.6. The molecule has 1 saturated heterocycles. The van der Waals surface area contributed by atoms with Crippen molar-refractivity contribution in [2.45, 2.75) is 24.9 Å². The lowest BCUT2D eigenvalue weighted by Gasteiger charge is -2.12. The number of ether oxygens (including phenoxy) is 1. The number of aliphatic hydroxyl groups excluding tert-OH is 2. The van der Waals surface area contributed by atoms with Gasteiger partial charge in [-0.05, 0) is 0 Å². The number of aliphatic hydroxyl groups is 2. The molecule has 0 bridgehead atoms. The summed E-state index contributed by atoms with van der Waals surface area (Å²) in [5, 5.41) is 18.8. The van der Waals surface area contributed by atoms with Crippen LogP contribution in [0.4, 0.5) is 5.82 Å². The van der Waals surface area contributed by atoms with Crippen molar-refractivity contribution in [1.82, 2.24) is 19.5 Å². The number of nitrogens with two attached hydrogens (primary N) is 1. The summed E-state index contributed by atoms with van der Waals surface area (Å²) in [6.07, 6.45) is -0.784. The number of nitrogen functional groups attached to an aromatic ring is 1. The number of fused-ring (bicyclic) bond motifs is 1. The summed E-state index contributed by atoms with van der Waals surface area (Å²) in [6.45, 7) is -0.314. The molecule has 3 rings (SSSR count). The van der Waals surface area contributed by atoms with Gasteiger partial charge in [0.15, 0.2) is 11.5 Å². The third-order valence-electron chi connectivity index (χ3n) is 3.21. The predicted octanol–water partition coefficient (Wildman–Crippen LogP) is -1.66. The molecule has 0 aromatic carbocycles. The number of hydrogen-bond donors (Lipinski definition) is 4. The molecule has 0 radical (unpaired) electrons. The highest BCUT2D eigenvalue weighted by Crippen LogP contribution is 2.29. The molecule has 2 unspecified atom stereocenters. The maximum Gasteiger partial charge on any atom is 0.329 e. The molecule has 19 heavy (non-hydrogen) atoms. The van der Waals surface area contributed by atoms with E-state index in [4.69, 9.17) is 15.6 Å². The number of imidazole rings is 1. The van der Waals surface area contributed by atoms with Crippen LogP contribution in [-0.4, -0.2) is 48.5 Å². The lowest BCUT2D eigenvalue weighted by molar-refractivity contribution is -0.0441. The monoisotopic (exact) mass is 267 g/mol. The maximum atomic E-state index is 11.9. The average molecular weight is 267 g/mol. The Morgan fingerprint density at radius 3 is 3.05 bits per heavy atom. The topological polar surface area (TPSA) is 139 Å². The summed E-state index contributed by atoms with van der Waals surface area (Å²) in [5.74, 6) is 0.165. The quantitative estimate of drug-likeness (QED) is 0.510. The standard InChI is InChI=1S/C10H13N5O4/c11-8-7-9(13-3-12-8)15(10(18)14-7)6-1-4(17)5(2-16)19-6/h3-6,16-17H,1-2H2,(H,14,18)(H2,11,12,13)/t4?,5?,6-/m1/s1. The van der Waals surface area contributed by atoms with Gasteiger partial charge >= 0.3 is 5.69 Å². The van der Waals surface area contributed by atoms with Gasteiger partial charge in [0.05, 0.1) is 12.7 Å². The van der Waals surface area contributed by atoms with Gasteiger partial charge in [-0.1, -0.05) is 0 Å². The normalized spacial score (nSPS) is 27.2. The summed E-state index contributed by atoms with van der Waals surface area (Å²) in [7, 11) is 0. The van der Waals surface area contributed by atoms with Crippen molar-refractivity contribution in [2.24, 2.45) is 0 Å². The lowest BCUT2D eigenvalue weighted by Crippen LogP contribution is -2.25. The second-order valence-corrected chi connectivity index (χ2v) is 4.37. The third kappa shape index (κ3) is 1.79. The molecule has 9 nitrogen and oxygen atoms in total. The van der Waals surface area contributed by atoms with E-state index in [1.54, 1.807) is 0 Å². The Morgan fingerprint density at radius 1 is 1.58 bits per heavy atom. The minimum atomic E-state index is -0.828. The maximum absolute atomic E-state index is 11.9. The van der Waals surface area contributed by atoms with Crippen molar-refractivity contribution in [3.8, 4) is 0 Å². The lowest BCUT2D eigenvalue weighted by atomic mass is 10.2. The fourth-order valence-electron chi connectivity index (χ4n) is 2.26. The molecule has 5 N–H and O–H groups in total. The molecule has 1 fully saturated rings. The van der Waals surface area contributed by atoms with Crippen LogP contribution in [-0.2, 0) is 4.74 Å². The third-order valence-corrected chi connectivity index (χ3v) is 3.21. The van der Waals surface area contributed by atoms with Crippen LogP contribution in [0.25, 0.3) is 11.2 Å². The van der Waals surface area contributed by atoms with Gasteiger partial charge in [0.25, 0.3) is 0 Å². The second-order valence-electron chi connectivity index (χ2n) is 4.37. The molecule has 3 heterocycles. The number of nitrogens with zero attached hydrogens (tertiary/aromatic N) is 3. The van der Waals surface area contributed by atoms with E-state index in [0.29, 0.717) is 11.2 Å². The minimum Gasteiger partial charge on any atom is -0.394 e. The molecule has 1 aliphatic heterocycles. The van der Waals surface area contributed by atoms with E-state index in [1.165, 1.54) is 10.9 Å². The van der Waals surface area contributed by atoms with Gasteiger partial charge in [-0.15, -0.1) is 0 Å². The van der Waals surface area contributed by atoms with Crippen LogP contribution >= 0.6 is 0 Å². The van der Waals surface area contributed by atoms with Crippen LogP contribution in [0.3, 0.4) is 0 Å². The highest BCUT2D eigenvalue weighted by Gasteiger charge is 2.36. The van der Waals surface area contributed by atoms with Crippen LogP contribution in [0, 0.1) is 0 Å². The summed E-state index contributed by atoms with van der Waals surface area (Å²) < 4.78 is 6.71. The van der Waals surface area contributed by atoms with Crippen molar-refractivity contribution in [1.29, 1.82) is 0 Å². The van der Waals surface area contributed by atoms with E-state index >= 15 is 0 Å². The Bertz CT molecular complexity index is 665. The number of anilines is 1. The molecule has 9 heteroatoms. The summed E-state index contributed by atoms with van der Waals surface area (Å²) in [5.41, 5.74) is 5.85. The van der Waals surface area contributed by atoms with Crippen LogP contribution in [0.5, 0.6) is 0 Å². The first-order valence-electron chi connectivity index (χ1n) is 5.77. The molecule has 0 spiro atoms. The van der Waals surface area contributed by atoms with E-state index in [9.17, 15) is 9.90 Å².